The molecule has 0 unspecified atom stereocenters. The molecule has 2 aromatic heterocycles. The maximum absolute atomic E-state index is 13.3. The van der Waals surface area contributed by atoms with Crippen molar-refractivity contribution in [2.75, 3.05) is 0 Å². The van der Waals surface area contributed by atoms with Gasteiger partial charge in [-0.05, 0) is 11.6 Å². The van der Waals surface area contributed by atoms with Crippen LogP contribution in [0.4, 0.5) is 17.6 Å². The highest BCUT2D eigenvalue weighted by molar-refractivity contribution is 7.15. The van der Waals surface area contributed by atoms with Crippen LogP contribution in [0.25, 0.3) is 10.6 Å². The summed E-state index contributed by atoms with van der Waals surface area (Å²) in [5.41, 5.74) is -0.294. The van der Waals surface area contributed by atoms with Crippen LogP contribution in [0.5, 0.6) is 0 Å². The van der Waals surface area contributed by atoms with Crippen molar-refractivity contribution in [1.29, 1.82) is 0 Å². The maximum Gasteiger partial charge on any atom is 0.443 e. The van der Waals surface area contributed by atoms with Gasteiger partial charge >= 0.3 is 6.18 Å². The zero-order valence-corrected chi connectivity index (χ0v) is 9.37. The molecule has 0 radical (unpaired) electrons. The number of thiazole rings is 1. The molecule has 0 aliphatic carbocycles. The highest BCUT2D eigenvalue weighted by atomic mass is 35.5. The minimum absolute atomic E-state index is 0.0564. The van der Waals surface area contributed by atoms with E-state index in [1.807, 2.05) is 0 Å². The first-order valence-corrected chi connectivity index (χ1v) is 5.29. The van der Waals surface area contributed by atoms with Gasteiger partial charge in [-0.1, -0.05) is 0 Å². The molecule has 0 aliphatic rings. The van der Waals surface area contributed by atoms with Gasteiger partial charge in [-0.15, -0.1) is 11.3 Å². The van der Waals surface area contributed by atoms with Crippen LogP contribution in [0.15, 0.2) is 12.4 Å². The number of halogens is 5. The minimum Gasteiger partial charge on any atom is -0.240 e. The first kappa shape index (κ1) is 12.2. The molecule has 0 N–H and O–H groups in total. The van der Waals surface area contributed by atoms with Gasteiger partial charge < -0.3 is 0 Å². The summed E-state index contributed by atoms with van der Waals surface area (Å²) in [5, 5.41) is -1.31. The van der Waals surface area contributed by atoms with Crippen molar-refractivity contribution in [3.8, 4) is 10.6 Å². The smallest absolute Gasteiger partial charge is 0.240 e. The van der Waals surface area contributed by atoms with Crippen LogP contribution in [0.1, 0.15) is 5.01 Å². The number of alkyl halides is 3. The number of nitrogens with zero attached hydrogens (tertiary/aromatic N) is 3. The molecule has 90 valence electrons. The fourth-order valence-electron chi connectivity index (χ4n) is 1.03. The molecule has 9 heteroatoms. The Morgan fingerprint density at radius 3 is 2.47 bits per heavy atom. The average Bonchev–Trinajstić information content (AvgIpc) is 2.70. The minimum atomic E-state index is -4.56. The van der Waals surface area contributed by atoms with E-state index in [0.717, 1.165) is 12.4 Å². The van der Waals surface area contributed by atoms with E-state index in [1.165, 1.54) is 0 Å². The Morgan fingerprint density at radius 1 is 1.18 bits per heavy atom. The van der Waals surface area contributed by atoms with Gasteiger partial charge in [-0.25, -0.2) is 19.3 Å². The van der Waals surface area contributed by atoms with Crippen LogP contribution < -0.4 is 0 Å². The molecule has 0 atom stereocenters. The van der Waals surface area contributed by atoms with Gasteiger partial charge in [-0.2, -0.15) is 13.2 Å². The average molecular weight is 284 g/mol. The normalized spacial score (nSPS) is 11.8. The van der Waals surface area contributed by atoms with Gasteiger partial charge in [-0.3, -0.25) is 0 Å². The van der Waals surface area contributed by atoms with Crippen molar-refractivity contribution < 1.29 is 17.6 Å². The summed E-state index contributed by atoms with van der Waals surface area (Å²) in [6.45, 7) is 0. The predicted octanol–water partition coefficient (Wildman–Crippen LogP) is 3.41. The van der Waals surface area contributed by atoms with Crippen molar-refractivity contribution in [3.63, 3.8) is 0 Å². The predicted molar refractivity (Wildman–Crippen MR) is 53.1 cm³/mol. The van der Waals surface area contributed by atoms with Gasteiger partial charge in [0.1, 0.15) is 5.69 Å². The fourth-order valence-corrected chi connectivity index (χ4v) is 1.94. The second-order valence-corrected chi connectivity index (χ2v) is 4.23. The molecule has 0 saturated carbocycles. The summed E-state index contributed by atoms with van der Waals surface area (Å²) >= 11 is 5.73. The molecule has 2 rings (SSSR count). The third-order valence-electron chi connectivity index (χ3n) is 1.70. The van der Waals surface area contributed by atoms with Gasteiger partial charge in [0.25, 0.3) is 0 Å². The Balaban J connectivity index is 2.47. The molecule has 0 aromatic carbocycles. The molecular formula is C8H2ClF4N3S. The van der Waals surface area contributed by atoms with Crippen LogP contribution >= 0.6 is 22.9 Å². The lowest BCUT2D eigenvalue weighted by atomic mass is 10.3. The van der Waals surface area contributed by atoms with Crippen molar-refractivity contribution in [3.05, 3.63) is 28.5 Å². The quantitative estimate of drug-likeness (QED) is 0.595. The van der Waals surface area contributed by atoms with E-state index in [9.17, 15) is 17.6 Å². The number of aromatic nitrogens is 3. The van der Waals surface area contributed by atoms with E-state index >= 15 is 0 Å². The summed E-state index contributed by atoms with van der Waals surface area (Å²) in [7, 11) is 0. The topological polar surface area (TPSA) is 38.7 Å². The number of hydrogen-bond donors (Lipinski definition) is 0. The highest BCUT2D eigenvalue weighted by Gasteiger charge is 2.35. The van der Waals surface area contributed by atoms with E-state index in [1.54, 1.807) is 0 Å². The fraction of sp³-hybridized carbons (Fsp3) is 0.125. The Morgan fingerprint density at radius 2 is 1.88 bits per heavy atom. The van der Waals surface area contributed by atoms with Gasteiger partial charge in [0.15, 0.2) is 10.8 Å². The Hall–Kier alpha value is -1.28. The number of hydrogen-bond acceptors (Lipinski definition) is 4. The van der Waals surface area contributed by atoms with E-state index < -0.39 is 17.0 Å². The lowest BCUT2D eigenvalue weighted by molar-refractivity contribution is -0.137. The summed E-state index contributed by atoms with van der Waals surface area (Å²) in [4.78, 5) is 9.98. The van der Waals surface area contributed by atoms with Crippen molar-refractivity contribution in [2.45, 2.75) is 6.18 Å². The molecule has 0 amide bonds. The van der Waals surface area contributed by atoms with Crippen molar-refractivity contribution >= 4 is 22.9 Å². The van der Waals surface area contributed by atoms with Crippen LogP contribution in [0.2, 0.25) is 5.28 Å². The summed E-state index contributed by atoms with van der Waals surface area (Å²) in [5.74, 6) is -0.855. The highest BCUT2D eigenvalue weighted by Crippen LogP contribution is 2.36. The van der Waals surface area contributed by atoms with Crippen molar-refractivity contribution in [1.82, 2.24) is 15.0 Å². The second-order valence-electron chi connectivity index (χ2n) is 2.86. The molecule has 0 spiro atoms. The monoisotopic (exact) mass is 283 g/mol. The SMILES string of the molecule is Fc1cnc(Cl)nc1-c1cnc(C(F)(F)F)s1. The zero-order chi connectivity index (χ0) is 12.6. The lowest BCUT2D eigenvalue weighted by Gasteiger charge is -2.00. The molecule has 0 fully saturated rings. The first-order valence-electron chi connectivity index (χ1n) is 4.09. The zero-order valence-electron chi connectivity index (χ0n) is 7.79. The molecule has 0 bridgehead atoms. The van der Waals surface area contributed by atoms with Gasteiger partial charge in [0, 0.05) is 6.20 Å². The largest absolute Gasteiger partial charge is 0.443 e. The Kier molecular flexibility index (Phi) is 3.00. The second kappa shape index (κ2) is 4.19. The molecule has 2 aromatic rings. The van der Waals surface area contributed by atoms with Gasteiger partial charge in [0.05, 0.1) is 11.1 Å². The molecule has 3 nitrogen and oxygen atoms in total. The molecular weight excluding hydrogens is 282 g/mol. The summed E-state index contributed by atoms with van der Waals surface area (Å²) in [6.07, 6.45) is -2.87. The molecule has 0 aliphatic heterocycles. The molecule has 0 saturated heterocycles. The van der Waals surface area contributed by atoms with Crippen LogP contribution in [-0.4, -0.2) is 15.0 Å². The van der Waals surface area contributed by atoms with Crippen molar-refractivity contribution in [2.24, 2.45) is 0 Å². The third kappa shape index (κ3) is 2.52. The van der Waals surface area contributed by atoms with Crippen LogP contribution in [-0.2, 0) is 6.18 Å². The van der Waals surface area contributed by atoms with E-state index in [4.69, 9.17) is 11.6 Å². The molecule has 2 heterocycles. The maximum atomic E-state index is 13.3. The number of rotatable bonds is 1. The van der Waals surface area contributed by atoms with E-state index in [2.05, 4.69) is 15.0 Å². The van der Waals surface area contributed by atoms with Crippen LogP contribution in [0.3, 0.4) is 0 Å². The summed E-state index contributed by atoms with van der Waals surface area (Å²) in [6, 6.07) is 0. The Bertz CT molecular complexity index is 554. The van der Waals surface area contributed by atoms with E-state index in [0.29, 0.717) is 11.3 Å². The van der Waals surface area contributed by atoms with Gasteiger partial charge in [0.2, 0.25) is 5.28 Å². The lowest BCUT2D eigenvalue weighted by Crippen LogP contribution is -2.02. The van der Waals surface area contributed by atoms with Crippen LogP contribution in [0, 0.1) is 5.82 Å². The molecule has 17 heavy (non-hydrogen) atoms. The first-order chi connectivity index (χ1) is 7.88. The summed E-state index contributed by atoms with van der Waals surface area (Å²) < 4.78 is 50.2. The third-order valence-corrected chi connectivity index (χ3v) is 2.93. The standard InChI is InChI=1S/C8H2ClF4N3S/c9-7-15-1-3(10)5(16-7)4-2-14-6(17-4)8(11,12)13/h1-2H. The van der Waals surface area contributed by atoms with E-state index in [-0.39, 0.29) is 15.9 Å². The Labute approximate surface area is 101 Å².